The molecule has 0 saturated heterocycles. The maximum atomic E-state index is 13.6. The first-order valence-corrected chi connectivity index (χ1v) is 26.6. The molecule has 0 unspecified atom stereocenters. The van der Waals surface area contributed by atoms with Crippen LogP contribution in [0, 0.1) is 0 Å². The van der Waals surface area contributed by atoms with Crippen LogP contribution in [0.25, 0.3) is 66.4 Å². The van der Waals surface area contributed by atoms with Crippen molar-refractivity contribution in [1.82, 2.24) is 0 Å². The average molecular weight is 1010 g/mol. The predicted octanol–water partition coefficient (Wildman–Crippen LogP) is 18.0. The van der Waals surface area contributed by atoms with Crippen LogP contribution in [0.1, 0.15) is 51.2 Å². The summed E-state index contributed by atoms with van der Waals surface area (Å²) in [6.45, 7) is 0. The van der Waals surface area contributed by atoms with Gasteiger partial charge in [-0.1, -0.05) is 170 Å². The molecule has 0 radical (unpaired) electrons. The molecular weight excluding hydrogens is 973 g/mol. The van der Waals surface area contributed by atoms with Gasteiger partial charge < -0.3 is 9.80 Å². The summed E-state index contributed by atoms with van der Waals surface area (Å²) in [6.07, 6.45) is 3.48. The van der Waals surface area contributed by atoms with Crippen LogP contribution in [0.3, 0.4) is 0 Å². The Bertz CT molecular complexity index is 4460. The highest BCUT2D eigenvalue weighted by atomic mass is 32.1. The molecule has 0 bridgehead atoms. The zero-order chi connectivity index (χ0) is 51.0. The molecule has 14 rings (SSSR count). The number of allylic oxidation sites excluding steroid dienone is 2. The number of ketones is 4. The van der Waals surface area contributed by atoms with Crippen LogP contribution in [-0.2, 0) is 0 Å². The Morgan fingerprint density at radius 2 is 0.750 bits per heavy atom. The van der Waals surface area contributed by atoms with Crippen LogP contribution in [-0.4, -0.2) is 23.1 Å². The second-order valence-corrected chi connectivity index (χ2v) is 21.2. The topological polar surface area (TPSA) is 74.8 Å². The predicted molar refractivity (Wildman–Crippen MR) is 313 cm³/mol. The van der Waals surface area contributed by atoms with Crippen LogP contribution in [0.5, 0.6) is 0 Å². The number of carbonyl (C=O) groups is 4. The molecule has 0 fully saturated rings. The Kier molecular flexibility index (Phi) is 10.7. The zero-order valence-corrected chi connectivity index (χ0v) is 42.1. The molecule has 8 heteroatoms. The van der Waals surface area contributed by atoms with E-state index < -0.39 is 0 Å². The molecule has 358 valence electrons. The van der Waals surface area contributed by atoms with Gasteiger partial charge in [0, 0.05) is 53.9 Å². The highest BCUT2D eigenvalue weighted by Crippen LogP contribution is 2.49. The van der Waals surface area contributed by atoms with E-state index in [4.69, 9.17) is 0 Å². The van der Waals surface area contributed by atoms with Gasteiger partial charge in [0.05, 0.1) is 28.2 Å². The molecule has 12 aromatic rings. The van der Waals surface area contributed by atoms with E-state index in [1.807, 2.05) is 18.2 Å². The number of benzene rings is 10. The fourth-order valence-corrected chi connectivity index (χ4v) is 13.0. The molecule has 2 heterocycles. The third-order valence-electron chi connectivity index (χ3n) is 14.6. The summed E-state index contributed by atoms with van der Waals surface area (Å²) in [5, 5.41) is 10.5. The van der Waals surface area contributed by atoms with Gasteiger partial charge in [0.15, 0.2) is 23.1 Å². The first-order chi connectivity index (χ1) is 37.3. The molecule has 0 amide bonds. The number of nitrogens with zero attached hydrogens (tertiary/aromatic N) is 2. The average Bonchev–Trinajstić information content (AvgIpc) is 4.30. The summed E-state index contributed by atoms with van der Waals surface area (Å²) in [5.74, 6) is -1.00. The smallest absolute Gasteiger partial charge is 0.197 e. The molecular formula is C68H40N2O4S2. The molecule has 76 heavy (non-hydrogen) atoms. The lowest BCUT2D eigenvalue weighted by atomic mass is 9.94. The minimum Gasteiger partial charge on any atom is -0.301 e. The van der Waals surface area contributed by atoms with Crippen molar-refractivity contribution in [2.24, 2.45) is 0 Å². The van der Waals surface area contributed by atoms with Crippen molar-refractivity contribution >= 4 is 134 Å². The van der Waals surface area contributed by atoms with Crippen molar-refractivity contribution in [2.75, 3.05) is 9.80 Å². The van der Waals surface area contributed by atoms with Crippen molar-refractivity contribution in [2.45, 2.75) is 0 Å². The summed E-state index contributed by atoms with van der Waals surface area (Å²) in [6, 6.07) is 77.8. The molecule has 0 saturated carbocycles. The van der Waals surface area contributed by atoms with Crippen molar-refractivity contribution < 1.29 is 19.2 Å². The van der Waals surface area contributed by atoms with Crippen molar-refractivity contribution in [3.8, 4) is 11.1 Å². The van der Waals surface area contributed by atoms with E-state index in [9.17, 15) is 19.2 Å². The Labute approximate surface area is 445 Å². The van der Waals surface area contributed by atoms with Gasteiger partial charge in [-0.25, -0.2) is 0 Å². The summed E-state index contributed by atoms with van der Waals surface area (Å²) >= 11 is 3.06. The van der Waals surface area contributed by atoms with Gasteiger partial charge in [-0.05, 0) is 111 Å². The minimum atomic E-state index is -0.252. The third kappa shape index (κ3) is 7.45. The van der Waals surface area contributed by atoms with Crippen molar-refractivity contribution in [1.29, 1.82) is 0 Å². The normalized spacial score (nSPS) is 13.1. The number of rotatable bonds is 9. The summed E-state index contributed by atoms with van der Waals surface area (Å²) < 4.78 is 0. The molecule has 0 N–H and O–H groups in total. The van der Waals surface area contributed by atoms with Gasteiger partial charge in [0.2, 0.25) is 0 Å². The molecule has 2 aromatic heterocycles. The Hall–Kier alpha value is -9.60. The van der Waals surface area contributed by atoms with E-state index in [1.54, 1.807) is 60.7 Å². The standard InChI is InChI=1S/C68H40N2O4S2/c71-65-54-21-7-8-22-55(54)66(72)58(65)39-47-32-34-63(75-47)69(46-31-30-41-14-1-2-16-43(41)37-46)61-29-13-26-52-49(25-12-27-53(52)61)45-36-44-17-4-6-20-51(44)62(38-45)70(60-28-11-18-42-15-3-5-19-50(42)60)64-35-33-48(76-64)40-59-67(73)56-23-9-10-24-57(56)68(59)74/h1-40H. The summed E-state index contributed by atoms with van der Waals surface area (Å²) in [4.78, 5) is 60.4. The number of carbonyl (C=O) groups excluding carboxylic acids is 4. The van der Waals surface area contributed by atoms with Crippen LogP contribution in [0.15, 0.2) is 242 Å². The molecule has 2 aliphatic carbocycles. The fraction of sp³-hybridized carbons (Fsp3) is 0. The molecule has 0 atom stereocenters. The van der Waals surface area contributed by atoms with Gasteiger partial charge in [-0.3, -0.25) is 19.2 Å². The molecule has 10 aromatic carbocycles. The van der Waals surface area contributed by atoms with E-state index in [0.717, 1.165) is 96.7 Å². The Morgan fingerprint density at radius 1 is 0.303 bits per heavy atom. The van der Waals surface area contributed by atoms with Gasteiger partial charge in [-0.2, -0.15) is 0 Å². The van der Waals surface area contributed by atoms with Gasteiger partial charge >= 0.3 is 0 Å². The van der Waals surface area contributed by atoms with Gasteiger partial charge in [0.25, 0.3) is 0 Å². The number of thiophene rings is 2. The lowest BCUT2D eigenvalue weighted by molar-refractivity contribution is 0.0975. The van der Waals surface area contributed by atoms with E-state index in [2.05, 4.69) is 174 Å². The number of hydrogen-bond acceptors (Lipinski definition) is 8. The fourth-order valence-electron chi connectivity index (χ4n) is 11.0. The van der Waals surface area contributed by atoms with Gasteiger partial charge in [-0.15, -0.1) is 22.7 Å². The first-order valence-electron chi connectivity index (χ1n) is 25.0. The monoisotopic (exact) mass is 1010 g/mol. The van der Waals surface area contributed by atoms with E-state index in [-0.39, 0.29) is 34.3 Å². The number of anilines is 6. The Morgan fingerprint density at radius 3 is 1.38 bits per heavy atom. The highest BCUT2D eigenvalue weighted by Gasteiger charge is 2.34. The summed E-state index contributed by atoms with van der Waals surface area (Å²) in [5.41, 5.74) is 8.08. The lowest BCUT2D eigenvalue weighted by Gasteiger charge is -2.28. The zero-order valence-electron chi connectivity index (χ0n) is 40.4. The van der Waals surface area contributed by atoms with Crippen LogP contribution < -0.4 is 9.80 Å². The first kappa shape index (κ1) is 45.0. The molecule has 6 nitrogen and oxygen atoms in total. The minimum absolute atomic E-state index is 0.175. The number of fused-ring (bicyclic) bond motifs is 6. The van der Waals surface area contributed by atoms with E-state index in [1.165, 1.54) is 22.7 Å². The second kappa shape index (κ2) is 18.1. The lowest BCUT2D eigenvalue weighted by Crippen LogP contribution is -2.10. The van der Waals surface area contributed by atoms with Crippen LogP contribution in [0.4, 0.5) is 32.8 Å². The number of Topliss-reactive ketones (excluding diaryl/α,β-unsaturated/α-hetero) is 4. The highest BCUT2D eigenvalue weighted by molar-refractivity contribution is 7.17. The second-order valence-electron chi connectivity index (χ2n) is 19.0. The number of hydrogen-bond donors (Lipinski definition) is 0. The van der Waals surface area contributed by atoms with E-state index in [0.29, 0.717) is 22.3 Å². The van der Waals surface area contributed by atoms with Crippen LogP contribution >= 0.6 is 22.7 Å². The summed E-state index contributed by atoms with van der Waals surface area (Å²) in [7, 11) is 0. The van der Waals surface area contributed by atoms with Crippen molar-refractivity contribution in [3.63, 3.8) is 0 Å². The SMILES string of the molecule is O=C1C(=Cc2ccc(N(c3cccc4ccccc34)c3cc(-c4cccc5c(N(c6ccc7ccccc7c6)c6ccc(C=C7C(=O)c8ccccc8C7=O)s6)cccc45)cc4ccccc34)s2)C(=O)c2ccccc21. The molecule has 2 aliphatic rings. The quantitative estimate of drug-likeness (QED) is 0.106. The van der Waals surface area contributed by atoms with Gasteiger partial charge in [0.1, 0.15) is 10.0 Å². The largest absolute Gasteiger partial charge is 0.301 e. The maximum Gasteiger partial charge on any atom is 0.197 e. The van der Waals surface area contributed by atoms with Crippen molar-refractivity contribution in [3.05, 3.63) is 274 Å². The Balaban J connectivity index is 0.926. The molecule has 0 aliphatic heterocycles. The third-order valence-corrected chi connectivity index (χ3v) is 16.6. The van der Waals surface area contributed by atoms with E-state index >= 15 is 0 Å². The molecule has 0 spiro atoms. The van der Waals surface area contributed by atoms with Crippen LogP contribution in [0.2, 0.25) is 0 Å². The maximum absolute atomic E-state index is 13.6.